The van der Waals surface area contributed by atoms with Crippen molar-refractivity contribution >= 4 is 28.7 Å². The highest BCUT2D eigenvalue weighted by Gasteiger charge is 2.26. The van der Waals surface area contributed by atoms with Crippen molar-refractivity contribution in [2.24, 2.45) is 7.05 Å². The van der Waals surface area contributed by atoms with Gasteiger partial charge < -0.3 is 14.6 Å². The number of esters is 1. The van der Waals surface area contributed by atoms with E-state index in [9.17, 15) is 14.4 Å². The van der Waals surface area contributed by atoms with Crippen LogP contribution in [-0.2, 0) is 27.9 Å². The van der Waals surface area contributed by atoms with E-state index in [4.69, 9.17) is 9.26 Å². The van der Waals surface area contributed by atoms with Gasteiger partial charge in [0, 0.05) is 18.7 Å². The van der Waals surface area contributed by atoms with E-state index in [0.29, 0.717) is 17.0 Å². The number of aryl methyl sites for hydroxylation is 2. The largest absolute Gasteiger partial charge is 0.446 e. The Morgan fingerprint density at radius 1 is 1.26 bits per heavy atom. The second-order valence-corrected chi connectivity index (χ2v) is 6.78. The van der Waals surface area contributed by atoms with Gasteiger partial charge in [-0.25, -0.2) is 4.98 Å². The predicted molar refractivity (Wildman–Crippen MR) is 108 cm³/mol. The molecule has 4 aromatic rings. The zero-order valence-electron chi connectivity index (χ0n) is 16.7. The summed E-state index contributed by atoms with van der Waals surface area (Å²) >= 11 is 0. The maximum Gasteiger partial charge on any atom is 0.327 e. The first kappa shape index (κ1) is 20.0. The fourth-order valence-corrected chi connectivity index (χ4v) is 3.00. The molecular formula is C20H18N6O5. The van der Waals surface area contributed by atoms with Crippen molar-refractivity contribution in [1.29, 1.82) is 0 Å². The molecule has 4 rings (SSSR count). The lowest BCUT2D eigenvalue weighted by atomic mass is 10.1. The normalized spacial score (nSPS) is 11.9. The molecule has 3 aromatic heterocycles. The van der Waals surface area contributed by atoms with E-state index in [1.54, 1.807) is 44.3 Å². The Kier molecular flexibility index (Phi) is 5.31. The SMILES string of the molecule is Cc1cc(NC(=O)C(OC(=O)Cn2cnc3c(cnn3C)c2=O)c2ccccc2)no1. The van der Waals surface area contributed by atoms with Crippen LogP contribution in [0.15, 0.2) is 58.2 Å². The van der Waals surface area contributed by atoms with E-state index in [2.05, 4.69) is 20.6 Å². The van der Waals surface area contributed by atoms with Crippen LogP contribution in [0, 0.1) is 6.92 Å². The highest BCUT2D eigenvalue weighted by atomic mass is 16.5. The van der Waals surface area contributed by atoms with E-state index in [-0.39, 0.29) is 11.2 Å². The van der Waals surface area contributed by atoms with Gasteiger partial charge in [-0.05, 0) is 6.92 Å². The molecule has 0 saturated carbocycles. The number of hydrogen-bond donors (Lipinski definition) is 1. The maximum absolute atomic E-state index is 12.8. The number of nitrogens with one attached hydrogen (secondary N) is 1. The van der Waals surface area contributed by atoms with Crippen LogP contribution in [0.3, 0.4) is 0 Å². The molecule has 158 valence electrons. The minimum absolute atomic E-state index is 0.196. The van der Waals surface area contributed by atoms with Gasteiger partial charge in [-0.3, -0.25) is 23.6 Å². The Morgan fingerprint density at radius 2 is 2.03 bits per heavy atom. The van der Waals surface area contributed by atoms with E-state index < -0.39 is 30.1 Å². The van der Waals surface area contributed by atoms with E-state index in [1.807, 2.05) is 0 Å². The molecule has 0 aliphatic rings. The number of anilines is 1. The number of carbonyl (C=O) groups is 2. The van der Waals surface area contributed by atoms with Crippen molar-refractivity contribution in [3.63, 3.8) is 0 Å². The van der Waals surface area contributed by atoms with Gasteiger partial charge in [0.25, 0.3) is 11.5 Å². The maximum atomic E-state index is 12.8. The van der Waals surface area contributed by atoms with Crippen LogP contribution in [0.2, 0.25) is 0 Å². The molecule has 3 heterocycles. The van der Waals surface area contributed by atoms with Gasteiger partial charge in [-0.15, -0.1) is 0 Å². The number of nitrogens with zero attached hydrogens (tertiary/aromatic N) is 5. The molecule has 1 atom stereocenters. The van der Waals surface area contributed by atoms with E-state index in [0.717, 1.165) is 4.57 Å². The van der Waals surface area contributed by atoms with Crippen LogP contribution in [0.1, 0.15) is 17.4 Å². The highest BCUT2D eigenvalue weighted by molar-refractivity contribution is 5.95. The summed E-state index contributed by atoms with van der Waals surface area (Å²) in [5.41, 5.74) is 0.426. The molecule has 1 amide bonds. The van der Waals surface area contributed by atoms with Gasteiger partial charge in [0.05, 0.1) is 6.20 Å². The lowest BCUT2D eigenvalue weighted by molar-refractivity contribution is -0.155. The number of fused-ring (bicyclic) bond motifs is 1. The zero-order valence-corrected chi connectivity index (χ0v) is 16.7. The lowest BCUT2D eigenvalue weighted by Gasteiger charge is -2.17. The van der Waals surface area contributed by atoms with Crippen LogP contribution < -0.4 is 10.9 Å². The zero-order chi connectivity index (χ0) is 22.0. The third-order valence-electron chi connectivity index (χ3n) is 4.49. The van der Waals surface area contributed by atoms with E-state index >= 15 is 0 Å². The Balaban J connectivity index is 1.55. The molecule has 0 saturated heterocycles. The molecule has 1 unspecified atom stereocenters. The van der Waals surface area contributed by atoms with Crippen LogP contribution in [0.25, 0.3) is 11.0 Å². The molecule has 0 aliphatic carbocycles. The van der Waals surface area contributed by atoms with Crippen LogP contribution in [0.4, 0.5) is 5.82 Å². The summed E-state index contributed by atoms with van der Waals surface area (Å²) in [6, 6.07) is 10.1. The number of benzene rings is 1. The third-order valence-corrected chi connectivity index (χ3v) is 4.49. The van der Waals surface area contributed by atoms with Gasteiger partial charge in [-0.1, -0.05) is 35.5 Å². The van der Waals surface area contributed by atoms with Gasteiger partial charge in [0.1, 0.15) is 24.0 Å². The van der Waals surface area contributed by atoms with Crippen molar-refractivity contribution in [3.05, 3.63) is 70.6 Å². The topological polar surface area (TPSA) is 134 Å². The van der Waals surface area contributed by atoms with Crippen molar-refractivity contribution in [2.45, 2.75) is 19.6 Å². The standard InChI is InChI=1S/C20H18N6O5/c1-12-8-15(24-31-12)23-19(28)17(13-6-4-3-5-7-13)30-16(27)10-26-11-21-18-14(20(26)29)9-22-25(18)2/h3-9,11,17H,10H2,1-2H3,(H,23,24,28). The van der Waals surface area contributed by atoms with Gasteiger partial charge in [-0.2, -0.15) is 5.10 Å². The van der Waals surface area contributed by atoms with Crippen LogP contribution >= 0.6 is 0 Å². The minimum atomic E-state index is -1.25. The average Bonchev–Trinajstić information content (AvgIpc) is 3.34. The molecule has 1 aromatic carbocycles. The summed E-state index contributed by atoms with van der Waals surface area (Å²) in [7, 11) is 1.66. The molecule has 0 aliphatic heterocycles. The van der Waals surface area contributed by atoms with Crippen LogP contribution in [-0.4, -0.2) is 36.4 Å². The van der Waals surface area contributed by atoms with Crippen molar-refractivity contribution in [1.82, 2.24) is 24.5 Å². The first-order valence-electron chi connectivity index (χ1n) is 9.28. The Bertz CT molecular complexity index is 1310. The number of carbonyl (C=O) groups excluding carboxylic acids is 2. The monoisotopic (exact) mass is 422 g/mol. The van der Waals surface area contributed by atoms with Gasteiger partial charge in [0.15, 0.2) is 11.5 Å². The fourth-order valence-electron chi connectivity index (χ4n) is 3.00. The highest BCUT2D eigenvalue weighted by Crippen LogP contribution is 2.20. The molecule has 0 fully saturated rings. The molecule has 31 heavy (non-hydrogen) atoms. The van der Waals surface area contributed by atoms with Crippen molar-refractivity contribution in [3.8, 4) is 0 Å². The molecule has 11 nitrogen and oxygen atoms in total. The van der Waals surface area contributed by atoms with Crippen LogP contribution in [0.5, 0.6) is 0 Å². The first-order valence-corrected chi connectivity index (χ1v) is 9.28. The summed E-state index contributed by atoms with van der Waals surface area (Å²) in [4.78, 5) is 42.1. The molecular weight excluding hydrogens is 404 g/mol. The Hall–Kier alpha value is -4.28. The van der Waals surface area contributed by atoms with E-state index in [1.165, 1.54) is 23.3 Å². The summed E-state index contributed by atoms with van der Waals surface area (Å²) in [6.07, 6.45) is 1.37. The predicted octanol–water partition coefficient (Wildman–Crippen LogP) is 1.35. The number of amides is 1. The molecule has 0 bridgehead atoms. The molecule has 0 radical (unpaired) electrons. The number of hydrogen-bond acceptors (Lipinski definition) is 8. The van der Waals surface area contributed by atoms with Crippen molar-refractivity contribution < 1.29 is 18.8 Å². The second-order valence-electron chi connectivity index (χ2n) is 6.78. The summed E-state index contributed by atoms with van der Waals surface area (Å²) in [5.74, 6) is -0.684. The number of aromatic nitrogens is 5. The lowest BCUT2D eigenvalue weighted by Crippen LogP contribution is -2.30. The second kappa shape index (κ2) is 8.22. The Morgan fingerprint density at radius 3 is 2.74 bits per heavy atom. The van der Waals surface area contributed by atoms with Gasteiger partial charge in [0.2, 0.25) is 6.10 Å². The number of ether oxygens (including phenoxy) is 1. The molecule has 0 spiro atoms. The first-order chi connectivity index (χ1) is 14.9. The summed E-state index contributed by atoms with van der Waals surface area (Å²) in [5, 5.41) is 10.5. The molecule has 1 N–H and O–H groups in total. The molecule has 11 heteroatoms. The quantitative estimate of drug-likeness (QED) is 0.460. The average molecular weight is 422 g/mol. The summed E-state index contributed by atoms with van der Waals surface area (Å²) < 4.78 is 12.9. The third kappa shape index (κ3) is 4.20. The smallest absolute Gasteiger partial charge is 0.327 e. The fraction of sp³-hybridized carbons (Fsp3) is 0.200. The van der Waals surface area contributed by atoms with Gasteiger partial charge >= 0.3 is 5.97 Å². The number of rotatable bonds is 6. The van der Waals surface area contributed by atoms with Crippen molar-refractivity contribution in [2.75, 3.05) is 5.32 Å². The minimum Gasteiger partial charge on any atom is -0.446 e. The Labute approximate surface area is 175 Å². The summed E-state index contributed by atoms with van der Waals surface area (Å²) in [6.45, 7) is 1.26.